The van der Waals surface area contributed by atoms with Crippen LogP contribution < -0.4 is 11.1 Å². The highest BCUT2D eigenvalue weighted by Crippen LogP contribution is 2.35. The predicted octanol–water partition coefficient (Wildman–Crippen LogP) is 6.62. The summed E-state index contributed by atoms with van der Waals surface area (Å²) < 4.78 is 85.9. The van der Waals surface area contributed by atoms with Crippen molar-refractivity contribution in [3.05, 3.63) is 119 Å². The van der Waals surface area contributed by atoms with E-state index in [1.807, 2.05) is 6.92 Å². The number of carbonyl (C=O) groups excluding carboxylic acids is 1. The number of fused-ring (bicyclic) bond motifs is 1. The molecule has 1 amide bonds. The van der Waals surface area contributed by atoms with Gasteiger partial charge in [0, 0.05) is 17.8 Å². The number of amides is 1. The lowest BCUT2D eigenvalue weighted by molar-refractivity contribution is -0.152. The molecule has 0 fully saturated rings. The highest BCUT2D eigenvalue weighted by Gasteiger charge is 2.38. The summed E-state index contributed by atoms with van der Waals surface area (Å²) >= 11 is 0. The molecule has 5 rings (SSSR count). The number of rotatable bonds is 10. The Morgan fingerprint density at radius 2 is 1.67 bits per heavy atom. The number of nitrogens with one attached hydrogen (secondary N) is 1. The van der Waals surface area contributed by atoms with Gasteiger partial charge in [0.05, 0.1) is 47.1 Å². The van der Waals surface area contributed by atoms with Gasteiger partial charge in [-0.05, 0) is 85.0 Å². The fraction of sp³-hybridized carbons (Fsp3) is 0.242. The van der Waals surface area contributed by atoms with Crippen molar-refractivity contribution < 1.29 is 36.2 Å². The third kappa shape index (κ3) is 7.21. The van der Waals surface area contributed by atoms with Crippen LogP contribution in [0.1, 0.15) is 51.2 Å². The number of imidazole rings is 1. The number of carbonyl (C=O) groups is 1. The maximum absolute atomic E-state index is 14.3. The summed E-state index contributed by atoms with van der Waals surface area (Å²) in [5.74, 6) is -3.66. The molecule has 0 aliphatic carbocycles. The molecule has 7 nitrogen and oxygen atoms in total. The number of aromatic nitrogens is 3. The lowest BCUT2D eigenvalue weighted by atomic mass is 9.94. The Morgan fingerprint density at radius 3 is 2.35 bits per heavy atom. The number of primary amides is 1. The number of aryl methyl sites for hydroxylation is 2. The van der Waals surface area contributed by atoms with Crippen molar-refractivity contribution in [2.75, 3.05) is 0 Å². The molecule has 240 valence electrons. The Labute approximate surface area is 259 Å². The third-order valence-electron chi connectivity index (χ3n) is 7.80. The van der Waals surface area contributed by atoms with Crippen LogP contribution in [-0.4, -0.2) is 38.0 Å². The van der Waals surface area contributed by atoms with Gasteiger partial charge >= 0.3 is 6.18 Å². The zero-order valence-corrected chi connectivity index (χ0v) is 24.6. The van der Waals surface area contributed by atoms with Crippen LogP contribution in [0.3, 0.4) is 0 Å². The standard InChI is InChI=1S/C33H29F6N5O2/c1-17-8-26-28(9-18(17)2)44(16-42-26)29(15-33(37,38)39)32(46)43-27(12-19-10-21(34)14-22(35)11-19)30-23(4-3-7-41-30)20-5-6-25(36)24(13-20)31(40)45/h3-11,13-14,16,27,29,32,43,46H,12,15H2,1-2H3,(H2,40,45)/t27-,29?,32?/m0/s1. The SMILES string of the molecule is Cc1cc2ncn(C(CC(F)(F)F)C(O)N[C@@H](Cc3cc(F)cc(F)c3)c3ncccc3-c3ccc(F)c(C(N)=O)c3)c2cc1C. The number of nitrogens with zero attached hydrogens (tertiary/aromatic N) is 3. The van der Waals surface area contributed by atoms with Gasteiger partial charge < -0.3 is 15.4 Å². The molecular weight excluding hydrogens is 612 g/mol. The fourth-order valence-corrected chi connectivity index (χ4v) is 5.48. The average molecular weight is 642 g/mol. The van der Waals surface area contributed by atoms with Crippen LogP contribution in [0.4, 0.5) is 26.3 Å². The van der Waals surface area contributed by atoms with Crippen LogP contribution in [0.5, 0.6) is 0 Å². The lowest BCUT2D eigenvalue weighted by Gasteiger charge is -2.31. The minimum atomic E-state index is -4.71. The van der Waals surface area contributed by atoms with Crippen LogP contribution in [0.15, 0.2) is 73.2 Å². The highest BCUT2D eigenvalue weighted by molar-refractivity contribution is 5.94. The van der Waals surface area contributed by atoms with Gasteiger partial charge in [0.1, 0.15) is 23.7 Å². The summed E-state index contributed by atoms with van der Waals surface area (Å²) in [5, 5.41) is 14.3. The van der Waals surface area contributed by atoms with Crippen LogP contribution >= 0.6 is 0 Å². The first-order valence-corrected chi connectivity index (χ1v) is 14.1. The zero-order chi connectivity index (χ0) is 33.3. The Bertz CT molecular complexity index is 1890. The first-order valence-electron chi connectivity index (χ1n) is 14.1. The number of hydrogen-bond acceptors (Lipinski definition) is 5. The van der Waals surface area contributed by atoms with Crippen LogP contribution in [0.2, 0.25) is 0 Å². The van der Waals surface area contributed by atoms with Crippen LogP contribution in [-0.2, 0) is 6.42 Å². The number of benzene rings is 3. The highest BCUT2D eigenvalue weighted by atomic mass is 19.4. The van der Waals surface area contributed by atoms with Gasteiger partial charge in [0.2, 0.25) is 0 Å². The van der Waals surface area contributed by atoms with Crippen molar-refractivity contribution in [3.8, 4) is 11.1 Å². The molecule has 0 saturated carbocycles. The van der Waals surface area contributed by atoms with E-state index >= 15 is 0 Å². The van der Waals surface area contributed by atoms with Gasteiger partial charge in [0.25, 0.3) is 5.91 Å². The molecule has 3 atom stereocenters. The van der Waals surface area contributed by atoms with E-state index in [-0.39, 0.29) is 23.2 Å². The monoisotopic (exact) mass is 641 g/mol. The smallest absolute Gasteiger partial charge is 0.376 e. The summed E-state index contributed by atoms with van der Waals surface area (Å²) in [4.78, 5) is 20.5. The normalized spacial score (nSPS) is 13.9. The summed E-state index contributed by atoms with van der Waals surface area (Å²) in [6.07, 6.45) is -5.69. The van der Waals surface area contributed by atoms with Crippen molar-refractivity contribution >= 4 is 16.9 Å². The van der Waals surface area contributed by atoms with E-state index in [0.717, 1.165) is 29.3 Å². The quantitative estimate of drug-likeness (QED) is 0.118. The van der Waals surface area contributed by atoms with E-state index in [2.05, 4.69) is 15.3 Å². The minimum Gasteiger partial charge on any atom is -0.376 e. The number of halogens is 6. The molecule has 46 heavy (non-hydrogen) atoms. The molecule has 0 spiro atoms. The van der Waals surface area contributed by atoms with E-state index in [4.69, 9.17) is 5.73 Å². The first-order chi connectivity index (χ1) is 21.7. The van der Waals surface area contributed by atoms with Crippen LogP contribution in [0.25, 0.3) is 22.2 Å². The van der Waals surface area contributed by atoms with Crippen molar-refractivity contribution in [2.45, 2.75) is 51.2 Å². The molecule has 0 saturated heterocycles. The molecular formula is C33H29F6N5O2. The van der Waals surface area contributed by atoms with E-state index < -0.39 is 59.8 Å². The number of aliphatic hydroxyl groups excluding tert-OH is 1. The van der Waals surface area contributed by atoms with E-state index in [9.17, 15) is 36.2 Å². The molecule has 2 aromatic heterocycles. The Kier molecular flexibility index (Phi) is 9.17. The van der Waals surface area contributed by atoms with Gasteiger partial charge in [-0.15, -0.1) is 0 Å². The van der Waals surface area contributed by atoms with Crippen molar-refractivity contribution in [1.82, 2.24) is 19.9 Å². The van der Waals surface area contributed by atoms with Gasteiger partial charge in [-0.3, -0.25) is 15.1 Å². The summed E-state index contributed by atoms with van der Waals surface area (Å²) in [6.45, 7) is 3.64. The van der Waals surface area contributed by atoms with E-state index in [1.165, 1.54) is 35.3 Å². The lowest BCUT2D eigenvalue weighted by Crippen LogP contribution is -2.42. The van der Waals surface area contributed by atoms with Crippen molar-refractivity contribution in [2.24, 2.45) is 5.73 Å². The first kappa shape index (κ1) is 32.6. The van der Waals surface area contributed by atoms with Gasteiger partial charge in [-0.1, -0.05) is 12.1 Å². The second-order valence-corrected chi connectivity index (χ2v) is 11.1. The van der Waals surface area contributed by atoms with E-state index in [1.54, 1.807) is 25.1 Å². The van der Waals surface area contributed by atoms with Gasteiger partial charge in [0.15, 0.2) is 0 Å². The summed E-state index contributed by atoms with van der Waals surface area (Å²) in [6, 6.07) is 10.1. The predicted molar refractivity (Wildman–Crippen MR) is 159 cm³/mol. The molecule has 3 aromatic carbocycles. The molecule has 2 heterocycles. The zero-order valence-electron chi connectivity index (χ0n) is 24.6. The second kappa shape index (κ2) is 12.9. The minimum absolute atomic E-state index is 0.113. The molecule has 4 N–H and O–H groups in total. The summed E-state index contributed by atoms with van der Waals surface area (Å²) in [5.41, 5.74) is 8.25. The topological polar surface area (TPSA) is 106 Å². The fourth-order valence-electron chi connectivity index (χ4n) is 5.48. The second-order valence-electron chi connectivity index (χ2n) is 11.1. The largest absolute Gasteiger partial charge is 0.391 e. The Morgan fingerprint density at radius 1 is 0.978 bits per heavy atom. The number of alkyl halides is 3. The van der Waals surface area contributed by atoms with E-state index in [0.29, 0.717) is 22.7 Å². The molecule has 2 unspecified atom stereocenters. The van der Waals surface area contributed by atoms with Crippen LogP contribution in [0, 0.1) is 31.3 Å². The number of pyridine rings is 1. The number of aliphatic hydroxyl groups is 1. The average Bonchev–Trinajstić information content (AvgIpc) is 3.37. The maximum Gasteiger partial charge on any atom is 0.391 e. The number of nitrogens with two attached hydrogens (primary N) is 1. The van der Waals surface area contributed by atoms with Gasteiger partial charge in [-0.2, -0.15) is 13.2 Å². The molecule has 0 bridgehead atoms. The third-order valence-corrected chi connectivity index (χ3v) is 7.80. The molecule has 0 aliphatic heterocycles. The summed E-state index contributed by atoms with van der Waals surface area (Å²) in [7, 11) is 0. The number of hydrogen-bond donors (Lipinski definition) is 3. The molecule has 0 radical (unpaired) electrons. The van der Waals surface area contributed by atoms with Crippen molar-refractivity contribution in [3.63, 3.8) is 0 Å². The Balaban J connectivity index is 1.62. The van der Waals surface area contributed by atoms with Crippen molar-refractivity contribution in [1.29, 1.82) is 0 Å². The van der Waals surface area contributed by atoms with Gasteiger partial charge in [-0.25, -0.2) is 18.2 Å². The maximum atomic E-state index is 14.3. The molecule has 13 heteroatoms. The molecule has 5 aromatic rings. The molecule has 0 aliphatic rings. The Hall–Kier alpha value is -4.75.